The molecule has 2 aliphatic carbocycles. The Hall–Kier alpha value is -3.24. The van der Waals surface area contributed by atoms with Crippen molar-refractivity contribution in [2.45, 2.75) is 65.1 Å². The van der Waals surface area contributed by atoms with Crippen LogP contribution in [0.3, 0.4) is 0 Å². The van der Waals surface area contributed by atoms with E-state index < -0.39 is 6.10 Å². The Morgan fingerprint density at radius 1 is 1.14 bits per heavy atom. The van der Waals surface area contributed by atoms with Crippen molar-refractivity contribution in [3.05, 3.63) is 71.0 Å². The molecule has 3 N–H and O–H groups in total. The number of hydrogen-bond acceptors (Lipinski definition) is 4. The summed E-state index contributed by atoms with van der Waals surface area (Å²) < 4.78 is 13.2. The van der Waals surface area contributed by atoms with Crippen LogP contribution in [0.15, 0.2) is 48.5 Å². The van der Waals surface area contributed by atoms with Crippen molar-refractivity contribution in [1.29, 1.82) is 5.26 Å². The van der Waals surface area contributed by atoms with Crippen molar-refractivity contribution in [3.63, 3.8) is 0 Å². The highest BCUT2D eigenvalue weighted by Gasteiger charge is 2.53. The van der Waals surface area contributed by atoms with Gasteiger partial charge in [0.1, 0.15) is 5.82 Å². The zero-order valence-electron chi connectivity index (χ0n) is 21.7. The van der Waals surface area contributed by atoms with E-state index >= 15 is 0 Å². The highest BCUT2D eigenvalue weighted by atomic mass is 19.1. The quantitative estimate of drug-likeness (QED) is 0.535. The number of fused-ring (bicyclic) bond motifs is 1. The molecule has 0 radical (unpaired) electrons. The fourth-order valence-corrected chi connectivity index (χ4v) is 6.59. The third kappa shape index (κ3) is 5.70. The smallest absolute Gasteiger partial charge is 0.251 e. The second-order valence-corrected chi connectivity index (χ2v) is 11.2. The number of benzene rings is 2. The molecular weight excluding hydrogens is 469 g/mol. The highest BCUT2D eigenvalue weighted by molar-refractivity contribution is 5.94. The van der Waals surface area contributed by atoms with Crippen LogP contribution in [0.25, 0.3) is 0 Å². The van der Waals surface area contributed by atoms with Crippen LogP contribution in [0.2, 0.25) is 0 Å². The zero-order valence-corrected chi connectivity index (χ0v) is 21.7. The molecule has 0 bridgehead atoms. The molecular formula is C30H36FN3O3. The minimum atomic E-state index is -0.657. The number of aliphatic hydroxyl groups is 1. The molecule has 6 nitrogen and oxygen atoms in total. The minimum Gasteiger partial charge on any atom is -0.392 e. The molecule has 2 amide bonds. The number of nitrogens with zero attached hydrogens (tertiary/aromatic N) is 1. The molecule has 37 heavy (non-hydrogen) atoms. The fraction of sp³-hybridized carbons (Fsp3) is 0.500. The van der Waals surface area contributed by atoms with Crippen LogP contribution in [0.4, 0.5) is 4.39 Å². The number of nitrogens with one attached hydrogen (secondary N) is 2. The van der Waals surface area contributed by atoms with Gasteiger partial charge < -0.3 is 15.7 Å². The first-order valence-corrected chi connectivity index (χ1v) is 13.1. The van der Waals surface area contributed by atoms with Crippen molar-refractivity contribution in [2.75, 3.05) is 0 Å². The molecule has 196 valence electrons. The molecule has 2 fully saturated rings. The second kappa shape index (κ2) is 11.0. The molecule has 2 aromatic carbocycles. The lowest BCUT2D eigenvalue weighted by Crippen LogP contribution is -2.58. The van der Waals surface area contributed by atoms with E-state index in [1.54, 1.807) is 36.4 Å². The third-order valence-electron chi connectivity index (χ3n) is 8.92. The van der Waals surface area contributed by atoms with Crippen molar-refractivity contribution >= 4 is 11.8 Å². The van der Waals surface area contributed by atoms with Crippen LogP contribution < -0.4 is 10.6 Å². The number of aliphatic hydroxyl groups excluding tert-OH is 1. The maximum Gasteiger partial charge on any atom is 0.251 e. The predicted octanol–water partition coefficient (Wildman–Crippen LogP) is 4.57. The predicted molar refractivity (Wildman–Crippen MR) is 139 cm³/mol. The number of rotatable bonds is 6. The summed E-state index contributed by atoms with van der Waals surface area (Å²) >= 11 is 0. The van der Waals surface area contributed by atoms with Crippen LogP contribution in [0.5, 0.6) is 0 Å². The highest BCUT2D eigenvalue weighted by Crippen LogP contribution is 2.55. The lowest BCUT2D eigenvalue weighted by atomic mass is 9.51. The van der Waals surface area contributed by atoms with Crippen LogP contribution >= 0.6 is 0 Å². The zero-order chi connectivity index (χ0) is 26.7. The number of hydrogen-bond donors (Lipinski definition) is 3. The van der Waals surface area contributed by atoms with Gasteiger partial charge in [-0.05, 0) is 90.8 Å². The Bertz CT molecular complexity index is 1160. The van der Waals surface area contributed by atoms with Crippen molar-refractivity contribution < 1.29 is 19.1 Å². The van der Waals surface area contributed by atoms with Crippen LogP contribution in [0.1, 0.15) is 67.9 Å². The number of carbonyl (C=O) groups excluding carboxylic acids is 2. The van der Waals surface area contributed by atoms with Crippen molar-refractivity contribution in [3.8, 4) is 6.07 Å². The molecule has 1 unspecified atom stereocenters. The van der Waals surface area contributed by atoms with Gasteiger partial charge in [0.25, 0.3) is 5.91 Å². The summed E-state index contributed by atoms with van der Waals surface area (Å²) in [6, 6.07) is 14.6. The standard InChI is InChI=1S/C30H36FN3O3/c1-18(28(36)33-17-21-6-10-23(31)11-7-21)24-12-14-30(3)15-13-25(19(2)26(30)27(24)35)34-29(37)22-8-4-20(16-32)5-9-22/h4-11,18-19,24-27,35H,12-15,17H2,1-3H3,(H,33,36)(H,34,37)/t18-,19+,24?,25-,26+,27-,30-/m0/s1. The summed E-state index contributed by atoms with van der Waals surface area (Å²) in [4.78, 5) is 25.9. The Morgan fingerprint density at radius 3 is 2.43 bits per heavy atom. The summed E-state index contributed by atoms with van der Waals surface area (Å²) in [6.45, 7) is 6.50. The van der Waals surface area contributed by atoms with Crippen LogP contribution in [-0.2, 0) is 11.3 Å². The lowest BCUT2D eigenvalue weighted by molar-refractivity contribution is -0.142. The summed E-state index contributed by atoms with van der Waals surface area (Å²) in [5.74, 6) is -1.18. The number of carbonyl (C=O) groups is 2. The Labute approximate surface area is 218 Å². The molecule has 0 aromatic heterocycles. The average molecular weight is 506 g/mol. The summed E-state index contributed by atoms with van der Waals surface area (Å²) in [6.07, 6.45) is 2.77. The molecule has 7 atom stereocenters. The van der Waals surface area contributed by atoms with E-state index in [1.165, 1.54) is 12.1 Å². The molecule has 0 aliphatic heterocycles. The van der Waals surface area contributed by atoms with Crippen LogP contribution in [0, 0.1) is 46.2 Å². The summed E-state index contributed by atoms with van der Waals surface area (Å²) in [5, 5.41) is 26.7. The molecule has 7 heteroatoms. The molecule has 0 spiro atoms. The van der Waals surface area contributed by atoms with Gasteiger partial charge in [-0.25, -0.2) is 4.39 Å². The second-order valence-electron chi connectivity index (χ2n) is 11.2. The van der Waals surface area contributed by atoms with E-state index in [0.717, 1.165) is 31.2 Å². The van der Waals surface area contributed by atoms with Gasteiger partial charge in [-0.3, -0.25) is 9.59 Å². The molecule has 4 rings (SSSR count). The van der Waals surface area contributed by atoms with Gasteiger partial charge in [0, 0.05) is 24.1 Å². The number of nitriles is 1. The first-order valence-electron chi connectivity index (χ1n) is 13.1. The molecule has 2 aliphatic rings. The van der Waals surface area contributed by atoms with Gasteiger partial charge in [0.05, 0.1) is 17.7 Å². The van der Waals surface area contributed by atoms with Crippen molar-refractivity contribution in [1.82, 2.24) is 10.6 Å². The Balaban J connectivity index is 1.41. The largest absolute Gasteiger partial charge is 0.392 e. The van der Waals surface area contributed by atoms with E-state index in [9.17, 15) is 19.1 Å². The molecule has 0 heterocycles. The average Bonchev–Trinajstić information content (AvgIpc) is 2.89. The van der Waals surface area contributed by atoms with Gasteiger partial charge in [-0.15, -0.1) is 0 Å². The maximum atomic E-state index is 13.2. The summed E-state index contributed by atoms with van der Waals surface area (Å²) in [7, 11) is 0. The number of halogens is 1. The van der Waals surface area contributed by atoms with Gasteiger partial charge in [-0.1, -0.05) is 32.9 Å². The Kier molecular flexibility index (Phi) is 7.99. The van der Waals surface area contributed by atoms with Crippen molar-refractivity contribution in [2.24, 2.45) is 29.1 Å². The first kappa shape index (κ1) is 26.8. The normalized spacial score (nSPS) is 29.9. The fourth-order valence-electron chi connectivity index (χ4n) is 6.59. The van der Waals surface area contributed by atoms with E-state index in [1.807, 2.05) is 6.92 Å². The monoisotopic (exact) mass is 505 g/mol. The van der Waals surface area contributed by atoms with Gasteiger partial charge in [-0.2, -0.15) is 5.26 Å². The van der Waals surface area contributed by atoms with Crippen LogP contribution in [-0.4, -0.2) is 29.1 Å². The van der Waals surface area contributed by atoms with E-state index in [0.29, 0.717) is 17.7 Å². The lowest BCUT2D eigenvalue weighted by Gasteiger charge is -2.56. The van der Waals surface area contributed by atoms with Gasteiger partial charge in [0.2, 0.25) is 5.91 Å². The molecule has 2 saturated carbocycles. The number of amides is 2. The maximum absolute atomic E-state index is 13.2. The molecule has 2 aromatic rings. The van der Waals surface area contributed by atoms with Gasteiger partial charge >= 0.3 is 0 Å². The SMILES string of the molecule is C[C@H]1[C@@H]2[C@@H](O)C([C@H](C)C(=O)NCc3ccc(F)cc3)CC[C@@]2(C)CC[C@@H]1NC(=O)c1ccc(C#N)cc1. The third-order valence-corrected chi connectivity index (χ3v) is 8.92. The minimum absolute atomic E-state index is 0.0355. The van der Waals surface area contributed by atoms with E-state index in [-0.39, 0.29) is 52.8 Å². The van der Waals surface area contributed by atoms with E-state index in [2.05, 4.69) is 30.6 Å². The molecule has 0 saturated heterocycles. The van der Waals surface area contributed by atoms with E-state index in [4.69, 9.17) is 5.26 Å². The summed E-state index contributed by atoms with van der Waals surface area (Å²) in [5.41, 5.74) is 1.79. The first-order chi connectivity index (χ1) is 17.6. The topological polar surface area (TPSA) is 102 Å². The van der Waals surface area contributed by atoms with Gasteiger partial charge in [0.15, 0.2) is 0 Å². The Morgan fingerprint density at radius 2 is 1.78 bits per heavy atom.